The fourth-order valence-corrected chi connectivity index (χ4v) is 4.86. The van der Waals surface area contributed by atoms with Crippen LogP contribution in [0.5, 0.6) is 5.75 Å². The Labute approximate surface area is 150 Å². The van der Waals surface area contributed by atoms with Crippen molar-refractivity contribution in [3.8, 4) is 5.75 Å². The molecule has 0 amide bonds. The van der Waals surface area contributed by atoms with Gasteiger partial charge in [0.1, 0.15) is 12.4 Å². The molecule has 3 aliphatic heterocycles. The third-order valence-electron chi connectivity index (χ3n) is 6.39. The lowest BCUT2D eigenvalue weighted by Gasteiger charge is -2.40. The van der Waals surface area contributed by atoms with Crippen molar-refractivity contribution < 1.29 is 9.47 Å². The van der Waals surface area contributed by atoms with Crippen molar-refractivity contribution in [2.45, 2.75) is 51.0 Å². The highest BCUT2D eigenvalue weighted by atomic mass is 16.5. The Morgan fingerprint density at radius 1 is 1.16 bits per heavy atom. The molecular weight excluding hydrogens is 312 g/mol. The monoisotopic (exact) mass is 342 g/mol. The zero-order chi connectivity index (χ0) is 16.8. The summed E-state index contributed by atoms with van der Waals surface area (Å²) in [6, 6.07) is 2.82. The number of nitrogens with one attached hydrogen (secondary N) is 1. The smallest absolute Gasteiger partial charge is 0.143 e. The lowest BCUT2D eigenvalue weighted by atomic mass is 9.90. The first-order chi connectivity index (χ1) is 12.3. The topological polar surface area (TPSA) is 33.7 Å². The van der Waals surface area contributed by atoms with Gasteiger partial charge in [0.2, 0.25) is 0 Å². The summed E-state index contributed by atoms with van der Waals surface area (Å²) < 4.78 is 11.9. The Morgan fingerprint density at radius 2 is 2.04 bits per heavy atom. The van der Waals surface area contributed by atoms with E-state index in [2.05, 4.69) is 23.2 Å². The van der Waals surface area contributed by atoms with Gasteiger partial charge in [0.25, 0.3) is 0 Å². The highest BCUT2D eigenvalue weighted by Crippen LogP contribution is 2.52. The Kier molecular flexibility index (Phi) is 4.13. The van der Waals surface area contributed by atoms with Gasteiger partial charge in [0.05, 0.1) is 18.3 Å². The Bertz CT molecular complexity index is 650. The highest BCUT2D eigenvalue weighted by Gasteiger charge is 2.38. The molecule has 1 aromatic rings. The molecule has 3 heterocycles. The molecule has 136 valence electrons. The minimum absolute atomic E-state index is 0.451. The van der Waals surface area contributed by atoms with Crippen LogP contribution in [0.25, 0.3) is 0 Å². The Morgan fingerprint density at radius 3 is 2.84 bits per heavy atom. The van der Waals surface area contributed by atoms with Crippen LogP contribution in [0.2, 0.25) is 0 Å². The van der Waals surface area contributed by atoms with E-state index in [9.17, 15) is 0 Å². The molecule has 2 atom stereocenters. The predicted octanol–water partition coefficient (Wildman–Crippen LogP) is 2.88. The number of fused-ring (bicyclic) bond motifs is 2. The molecule has 0 spiro atoms. The van der Waals surface area contributed by atoms with Gasteiger partial charge < -0.3 is 19.7 Å². The number of ether oxygens (including phenoxy) is 2. The van der Waals surface area contributed by atoms with E-state index in [-0.39, 0.29) is 0 Å². The molecule has 1 aliphatic carbocycles. The number of anilines is 1. The summed E-state index contributed by atoms with van der Waals surface area (Å²) >= 11 is 0. The minimum atomic E-state index is 0.451. The summed E-state index contributed by atoms with van der Waals surface area (Å²) in [5, 5.41) is 3.58. The Hall–Kier alpha value is -1.26. The zero-order valence-electron chi connectivity index (χ0n) is 15.4. The van der Waals surface area contributed by atoms with Gasteiger partial charge in [-0.25, -0.2) is 0 Å². The van der Waals surface area contributed by atoms with Gasteiger partial charge in [-0.2, -0.15) is 0 Å². The number of rotatable bonds is 3. The van der Waals surface area contributed by atoms with Crippen LogP contribution in [0.15, 0.2) is 6.07 Å². The van der Waals surface area contributed by atoms with Crippen molar-refractivity contribution in [3.05, 3.63) is 22.8 Å². The fourth-order valence-electron chi connectivity index (χ4n) is 4.86. The van der Waals surface area contributed by atoms with Gasteiger partial charge in [0, 0.05) is 19.1 Å². The van der Waals surface area contributed by atoms with Gasteiger partial charge in [0.15, 0.2) is 0 Å². The van der Waals surface area contributed by atoms with Crippen molar-refractivity contribution in [3.63, 3.8) is 0 Å². The standard InChI is InChI=1S/C21H30N2O2/c1-14-12-25-19-10-17-4-7-22-8-5-18(17)20(16-2-3-16)21(19)23(14)11-15-6-9-24-13-15/h10,14-16,22H,2-9,11-13H2,1H3/t14-,15-/m0/s1. The third kappa shape index (κ3) is 2.93. The molecule has 1 saturated carbocycles. The molecule has 4 aliphatic rings. The molecule has 0 aromatic heterocycles. The molecule has 2 fully saturated rings. The summed E-state index contributed by atoms with van der Waals surface area (Å²) in [6.45, 7) is 8.31. The summed E-state index contributed by atoms with van der Waals surface area (Å²) in [4.78, 5) is 2.67. The van der Waals surface area contributed by atoms with E-state index in [1.165, 1.54) is 36.9 Å². The van der Waals surface area contributed by atoms with Crippen LogP contribution in [0.3, 0.4) is 0 Å². The molecule has 1 saturated heterocycles. The molecule has 0 bridgehead atoms. The molecule has 5 rings (SSSR count). The van der Waals surface area contributed by atoms with E-state index in [0.29, 0.717) is 12.0 Å². The van der Waals surface area contributed by atoms with Crippen LogP contribution in [0.4, 0.5) is 5.69 Å². The van der Waals surface area contributed by atoms with Gasteiger partial charge in [-0.05, 0) is 80.8 Å². The maximum absolute atomic E-state index is 6.26. The molecule has 0 radical (unpaired) electrons. The van der Waals surface area contributed by atoms with Crippen LogP contribution < -0.4 is 15.0 Å². The molecule has 25 heavy (non-hydrogen) atoms. The normalized spacial score (nSPS) is 28.9. The van der Waals surface area contributed by atoms with Gasteiger partial charge >= 0.3 is 0 Å². The van der Waals surface area contributed by atoms with E-state index in [4.69, 9.17) is 9.47 Å². The lowest BCUT2D eigenvalue weighted by molar-refractivity contribution is 0.184. The van der Waals surface area contributed by atoms with Crippen LogP contribution in [0, 0.1) is 5.92 Å². The van der Waals surface area contributed by atoms with Gasteiger partial charge in [-0.3, -0.25) is 0 Å². The largest absolute Gasteiger partial charge is 0.489 e. The van der Waals surface area contributed by atoms with E-state index < -0.39 is 0 Å². The number of hydrogen-bond donors (Lipinski definition) is 1. The van der Waals surface area contributed by atoms with Crippen LogP contribution in [-0.2, 0) is 17.6 Å². The second kappa shape index (κ2) is 6.48. The van der Waals surface area contributed by atoms with E-state index >= 15 is 0 Å². The van der Waals surface area contributed by atoms with E-state index in [1.54, 1.807) is 11.1 Å². The SMILES string of the molecule is C[C@H]1COc2cc3c(c(C4CC4)c2N1C[C@@H]1CCOC1)CCNCC3. The van der Waals surface area contributed by atoms with Gasteiger partial charge in [-0.1, -0.05) is 0 Å². The summed E-state index contributed by atoms with van der Waals surface area (Å²) in [5.41, 5.74) is 6.25. The first-order valence-electron chi connectivity index (χ1n) is 10.2. The van der Waals surface area contributed by atoms with Crippen molar-refractivity contribution in [2.75, 3.05) is 44.4 Å². The molecule has 4 heteroatoms. The van der Waals surface area contributed by atoms with Crippen LogP contribution in [0.1, 0.15) is 48.8 Å². The van der Waals surface area contributed by atoms with Crippen molar-refractivity contribution in [1.29, 1.82) is 0 Å². The maximum Gasteiger partial charge on any atom is 0.143 e. The average molecular weight is 342 g/mol. The predicted molar refractivity (Wildman–Crippen MR) is 99.9 cm³/mol. The van der Waals surface area contributed by atoms with E-state index in [1.807, 2.05) is 0 Å². The molecule has 0 unspecified atom stereocenters. The van der Waals surface area contributed by atoms with E-state index in [0.717, 1.165) is 57.5 Å². The average Bonchev–Trinajstić information content (AvgIpc) is 3.37. The van der Waals surface area contributed by atoms with Crippen LogP contribution in [-0.4, -0.2) is 45.5 Å². The molecule has 1 N–H and O–H groups in total. The van der Waals surface area contributed by atoms with Crippen molar-refractivity contribution >= 4 is 5.69 Å². The summed E-state index contributed by atoms with van der Waals surface area (Å²) in [6.07, 6.45) is 6.21. The second-order valence-electron chi connectivity index (χ2n) is 8.34. The minimum Gasteiger partial charge on any atom is -0.489 e. The molecular formula is C21H30N2O2. The fraction of sp³-hybridized carbons (Fsp3) is 0.714. The summed E-state index contributed by atoms with van der Waals surface area (Å²) in [5.74, 6) is 2.58. The third-order valence-corrected chi connectivity index (χ3v) is 6.39. The number of benzene rings is 1. The van der Waals surface area contributed by atoms with Crippen molar-refractivity contribution in [2.24, 2.45) is 5.92 Å². The first-order valence-corrected chi connectivity index (χ1v) is 10.2. The summed E-state index contributed by atoms with van der Waals surface area (Å²) in [7, 11) is 0. The maximum atomic E-state index is 6.26. The number of nitrogens with zero attached hydrogens (tertiary/aromatic N) is 1. The zero-order valence-corrected chi connectivity index (χ0v) is 15.4. The lowest BCUT2D eigenvalue weighted by Crippen LogP contribution is -2.44. The second-order valence-corrected chi connectivity index (χ2v) is 8.34. The molecule has 4 nitrogen and oxygen atoms in total. The van der Waals surface area contributed by atoms with Gasteiger partial charge in [-0.15, -0.1) is 0 Å². The Balaban J connectivity index is 1.59. The number of hydrogen-bond acceptors (Lipinski definition) is 4. The quantitative estimate of drug-likeness (QED) is 0.916. The van der Waals surface area contributed by atoms with Crippen molar-refractivity contribution in [1.82, 2.24) is 5.32 Å². The van der Waals surface area contributed by atoms with Crippen LogP contribution >= 0.6 is 0 Å². The molecule has 1 aromatic carbocycles. The first kappa shape index (κ1) is 16.0. The highest BCUT2D eigenvalue weighted by molar-refractivity contribution is 5.71.